The van der Waals surface area contributed by atoms with Crippen LogP contribution in [-0.2, 0) is 4.79 Å². The number of carbonyl (C=O) groups excluding carboxylic acids is 1. The minimum Gasteiger partial charge on any atom is -0.317 e. The van der Waals surface area contributed by atoms with Crippen LogP contribution in [0, 0.1) is 5.41 Å². The van der Waals surface area contributed by atoms with Gasteiger partial charge in [0.2, 0.25) is 0 Å². The van der Waals surface area contributed by atoms with Crippen LogP contribution in [0.25, 0.3) is 0 Å². The quantitative estimate of drug-likeness (QED) is 0.614. The van der Waals surface area contributed by atoms with E-state index in [1.54, 1.807) is 0 Å². The Bertz CT molecular complexity index is 117. The number of hydrogen-bond acceptors (Lipinski definition) is 2. The highest BCUT2D eigenvalue weighted by atomic mass is 16.1. The highest BCUT2D eigenvalue weighted by Crippen LogP contribution is 2.19. The van der Waals surface area contributed by atoms with Crippen LogP contribution in [0.3, 0.4) is 0 Å². The van der Waals surface area contributed by atoms with Gasteiger partial charge < -0.3 is 10.1 Å². The summed E-state index contributed by atoms with van der Waals surface area (Å²) >= 11 is 0. The number of hydrogen-bond donors (Lipinski definition) is 1. The van der Waals surface area contributed by atoms with Gasteiger partial charge in [0.25, 0.3) is 0 Å². The molecule has 0 aromatic rings. The van der Waals surface area contributed by atoms with Gasteiger partial charge in [-0.3, -0.25) is 0 Å². The summed E-state index contributed by atoms with van der Waals surface area (Å²) in [6.07, 6.45) is 3.03. The Hall–Kier alpha value is -0.370. The molecular weight excluding hydrogens is 138 g/mol. The van der Waals surface area contributed by atoms with Crippen molar-refractivity contribution < 1.29 is 4.79 Å². The SMILES string of the molecule is CCC(CC(C)(C)C=O)NC. The molecule has 0 spiro atoms. The molecule has 0 fully saturated rings. The van der Waals surface area contributed by atoms with E-state index in [4.69, 9.17) is 0 Å². The lowest BCUT2D eigenvalue weighted by atomic mass is 9.87. The Kier molecular flexibility index (Phi) is 4.34. The number of nitrogens with one attached hydrogen (secondary N) is 1. The van der Waals surface area contributed by atoms with Crippen LogP contribution >= 0.6 is 0 Å². The van der Waals surface area contributed by atoms with E-state index < -0.39 is 0 Å². The van der Waals surface area contributed by atoms with Crippen LogP contribution in [0.4, 0.5) is 0 Å². The molecule has 0 saturated carbocycles. The third-order valence-corrected chi connectivity index (χ3v) is 1.99. The van der Waals surface area contributed by atoms with Gasteiger partial charge in [0.15, 0.2) is 0 Å². The molecule has 0 saturated heterocycles. The lowest BCUT2D eigenvalue weighted by molar-refractivity contribution is -0.115. The van der Waals surface area contributed by atoms with Crippen LogP contribution in [0.2, 0.25) is 0 Å². The predicted octanol–water partition coefficient (Wildman–Crippen LogP) is 1.60. The second-order valence-corrected chi connectivity index (χ2v) is 3.70. The van der Waals surface area contributed by atoms with E-state index >= 15 is 0 Å². The lowest BCUT2D eigenvalue weighted by Crippen LogP contribution is -2.31. The predicted molar refractivity (Wildman–Crippen MR) is 47.6 cm³/mol. The second kappa shape index (κ2) is 4.50. The van der Waals surface area contributed by atoms with Crippen molar-refractivity contribution in [3.8, 4) is 0 Å². The topological polar surface area (TPSA) is 29.1 Å². The zero-order chi connectivity index (χ0) is 8.91. The van der Waals surface area contributed by atoms with Crippen molar-refractivity contribution in [3.63, 3.8) is 0 Å². The van der Waals surface area contributed by atoms with Crippen LogP contribution < -0.4 is 5.32 Å². The maximum Gasteiger partial charge on any atom is 0.125 e. The first-order valence-electron chi connectivity index (χ1n) is 4.19. The van der Waals surface area contributed by atoms with Crippen molar-refractivity contribution in [2.75, 3.05) is 7.05 Å². The molecule has 0 aromatic heterocycles. The van der Waals surface area contributed by atoms with Crippen molar-refractivity contribution in [2.45, 2.75) is 39.7 Å². The van der Waals surface area contributed by atoms with Gasteiger partial charge in [-0.2, -0.15) is 0 Å². The van der Waals surface area contributed by atoms with Crippen molar-refractivity contribution in [3.05, 3.63) is 0 Å². The summed E-state index contributed by atoms with van der Waals surface area (Å²) in [6, 6.07) is 0.468. The van der Waals surface area contributed by atoms with Crippen molar-refractivity contribution in [2.24, 2.45) is 5.41 Å². The van der Waals surface area contributed by atoms with Gasteiger partial charge in [-0.15, -0.1) is 0 Å². The van der Waals surface area contributed by atoms with Gasteiger partial charge in [-0.05, 0) is 19.9 Å². The van der Waals surface area contributed by atoms with E-state index in [1.165, 1.54) is 0 Å². The fraction of sp³-hybridized carbons (Fsp3) is 0.889. The highest BCUT2D eigenvalue weighted by molar-refractivity contribution is 5.57. The average molecular weight is 157 g/mol. The third kappa shape index (κ3) is 4.14. The summed E-state index contributed by atoms with van der Waals surface area (Å²) in [5.74, 6) is 0. The zero-order valence-electron chi connectivity index (χ0n) is 7.98. The first-order chi connectivity index (χ1) is 5.05. The van der Waals surface area contributed by atoms with Crippen LogP contribution in [0.1, 0.15) is 33.6 Å². The van der Waals surface area contributed by atoms with Crippen molar-refractivity contribution >= 4 is 6.29 Å². The Morgan fingerprint density at radius 1 is 1.55 bits per heavy atom. The normalized spacial score (nSPS) is 14.5. The molecule has 1 atom stereocenters. The van der Waals surface area contributed by atoms with E-state index in [1.807, 2.05) is 20.9 Å². The average Bonchev–Trinajstić information content (AvgIpc) is 2.00. The molecule has 1 N–H and O–H groups in total. The molecule has 0 heterocycles. The maximum absolute atomic E-state index is 10.6. The maximum atomic E-state index is 10.6. The van der Waals surface area contributed by atoms with Crippen molar-refractivity contribution in [1.29, 1.82) is 0 Å². The smallest absolute Gasteiger partial charge is 0.125 e. The fourth-order valence-electron chi connectivity index (χ4n) is 1.13. The number of aldehydes is 1. The fourth-order valence-corrected chi connectivity index (χ4v) is 1.13. The molecule has 0 radical (unpaired) electrons. The van der Waals surface area contributed by atoms with E-state index in [-0.39, 0.29) is 5.41 Å². The van der Waals surface area contributed by atoms with Crippen molar-refractivity contribution in [1.82, 2.24) is 5.32 Å². The summed E-state index contributed by atoms with van der Waals surface area (Å²) < 4.78 is 0. The molecule has 0 amide bonds. The summed E-state index contributed by atoms with van der Waals surface area (Å²) in [5.41, 5.74) is -0.177. The molecule has 0 aromatic carbocycles. The molecule has 0 aliphatic heterocycles. The second-order valence-electron chi connectivity index (χ2n) is 3.70. The molecule has 66 valence electrons. The molecule has 1 unspecified atom stereocenters. The molecule has 0 aliphatic carbocycles. The Morgan fingerprint density at radius 2 is 2.09 bits per heavy atom. The monoisotopic (exact) mass is 157 g/mol. The van der Waals surface area contributed by atoms with Crippen LogP contribution in [0.15, 0.2) is 0 Å². The highest BCUT2D eigenvalue weighted by Gasteiger charge is 2.20. The van der Waals surface area contributed by atoms with Gasteiger partial charge in [0.05, 0.1) is 0 Å². The molecule has 0 aliphatic rings. The van der Waals surface area contributed by atoms with E-state index in [0.29, 0.717) is 6.04 Å². The minimum absolute atomic E-state index is 0.177. The minimum atomic E-state index is -0.177. The Labute approximate surface area is 69.4 Å². The first kappa shape index (κ1) is 10.6. The molecule has 0 bridgehead atoms. The zero-order valence-corrected chi connectivity index (χ0v) is 7.98. The van der Waals surface area contributed by atoms with E-state index in [2.05, 4.69) is 12.2 Å². The summed E-state index contributed by atoms with van der Waals surface area (Å²) in [4.78, 5) is 10.6. The third-order valence-electron chi connectivity index (χ3n) is 1.99. The molecule has 0 rings (SSSR count). The van der Waals surface area contributed by atoms with Gasteiger partial charge >= 0.3 is 0 Å². The van der Waals surface area contributed by atoms with Crippen LogP contribution in [-0.4, -0.2) is 19.4 Å². The Morgan fingerprint density at radius 3 is 2.36 bits per heavy atom. The van der Waals surface area contributed by atoms with Gasteiger partial charge in [0, 0.05) is 11.5 Å². The summed E-state index contributed by atoms with van der Waals surface area (Å²) in [5, 5.41) is 3.18. The summed E-state index contributed by atoms with van der Waals surface area (Å²) in [7, 11) is 1.94. The largest absolute Gasteiger partial charge is 0.317 e. The van der Waals surface area contributed by atoms with E-state index in [9.17, 15) is 4.79 Å². The lowest BCUT2D eigenvalue weighted by Gasteiger charge is -2.23. The van der Waals surface area contributed by atoms with Gasteiger partial charge in [-0.25, -0.2) is 0 Å². The van der Waals surface area contributed by atoms with Gasteiger partial charge in [0.1, 0.15) is 6.29 Å². The molecule has 11 heavy (non-hydrogen) atoms. The standard InChI is InChI=1S/C9H19NO/c1-5-8(10-4)6-9(2,3)7-11/h7-8,10H,5-6H2,1-4H3. The molecule has 2 nitrogen and oxygen atoms in total. The Balaban J connectivity index is 3.88. The van der Waals surface area contributed by atoms with E-state index in [0.717, 1.165) is 19.1 Å². The molecular formula is C9H19NO. The molecule has 2 heteroatoms. The summed E-state index contributed by atoms with van der Waals surface area (Å²) in [6.45, 7) is 6.07. The number of rotatable bonds is 5. The van der Waals surface area contributed by atoms with Gasteiger partial charge in [-0.1, -0.05) is 20.8 Å². The first-order valence-corrected chi connectivity index (χ1v) is 4.19. The number of carbonyl (C=O) groups is 1. The van der Waals surface area contributed by atoms with Crippen LogP contribution in [0.5, 0.6) is 0 Å².